The van der Waals surface area contributed by atoms with E-state index in [1.165, 1.54) is 102 Å². The van der Waals surface area contributed by atoms with E-state index < -0.39 is 59.2 Å². The molecule has 2 fully saturated rings. The highest BCUT2D eigenvalue weighted by Crippen LogP contribution is 2.34. The molecule has 2 aliphatic rings. The van der Waals surface area contributed by atoms with Gasteiger partial charge in [-0.2, -0.15) is 0 Å². The topological polar surface area (TPSA) is 345 Å². The maximum absolute atomic E-state index is 12.1. The maximum Gasteiger partial charge on any atom is 0.348 e. The number of carboxylic acid groups (broad SMARTS) is 2. The minimum Gasteiger partial charge on any atom is -0.508 e. The molecule has 0 amide bonds. The van der Waals surface area contributed by atoms with E-state index in [1.54, 1.807) is 113 Å². The van der Waals surface area contributed by atoms with Crippen LogP contribution in [0, 0.1) is 53.3 Å². The number of carboxylic acids is 2. The van der Waals surface area contributed by atoms with Crippen LogP contribution in [0.2, 0.25) is 0 Å². The monoisotopic (exact) mass is 1280 g/mol. The summed E-state index contributed by atoms with van der Waals surface area (Å²) in [6.07, 6.45) is 2.28. The molecule has 21 nitrogen and oxygen atoms in total. The standard InChI is InChI=1S/C16H16O5.C13H12O5.C13H14O3.2C12H12O3.C7H6O2/c1-4-5-12(10-6-8-11(17)9-7-10)13-14(18)20-16(2,3)21-15(13)19;1-13(2)17-11(15)10(12(16)18-13)7-8-3-5-9(14)6-4-8;1-3-4-11(9-13(15)16-2)10-5-7-12(14)8-6-10;2*1-2-3-10(8-12(14)15)9-4-6-11(13)7-5-9;8-5-6-1-3-7(9)4-2-6/h6-9,12-13,17H,1-3H3;3-7,14H,1-2H3;5-8,11,14H,9H2,1-2H3;2*4-7,10,13H,8H2,1H3,(H,14,15);1-5,9H/t;;11-;10-;;/m..11../s1. The number of hydrogen-bond acceptors (Lipinski definition) is 19. The number of esters is 5. The summed E-state index contributed by atoms with van der Waals surface area (Å²) in [4.78, 5) is 90.0. The summed E-state index contributed by atoms with van der Waals surface area (Å²) < 4.78 is 24.8. The molecule has 6 aromatic rings. The van der Waals surface area contributed by atoms with E-state index in [-0.39, 0.29) is 83.1 Å². The second-order valence-corrected chi connectivity index (χ2v) is 20.8. The molecule has 4 atom stereocenters. The van der Waals surface area contributed by atoms with E-state index in [0.717, 1.165) is 23.0 Å². The lowest BCUT2D eigenvalue weighted by molar-refractivity contribution is -0.240. The van der Waals surface area contributed by atoms with Crippen LogP contribution in [0.25, 0.3) is 6.08 Å². The molecule has 2 aliphatic heterocycles. The van der Waals surface area contributed by atoms with E-state index in [0.29, 0.717) is 16.7 Å². The molecular weight excluding hydrogens is 1210 g/mol. The highest BCUT2D eigenvalue weighted by molar-refractivity contribution is 6.18. The van der Waals surface area contributed by atoms with Gasteiger partial charge in [0.05, 0.1) is 50.0 Å². The number of carbonyl (C=O) groups excluding carboxylic acids is 6. The predicted molar refractivity (Wildman–Crippen MR) is 344 cm³/mol. The van der Waals surface area contributed by atoms with Crippen molar-refractivity contribution in [1.29, 1.82) is 0 Å². The number of methoxy groups -OCH3 is 1. The Hall–Kier alpha value is -11.9. The molecule has 6 aromatic carbocycles. The second-order valence-electron chi connectivity index (χ2n) is 20.8. The van der Waals surface area contributed by atoms with Crippen molar-refractivity contribution in [2.24, 2.45) is 5.92 Å². The van der Waals surface area contributed by atoms with Gasteiger partial charge in [0, 0.05) is 33.3 Å². The van der Waals surface area contributed by atoms with Crippen LogP contribution >= 0.6 is 0 Å². The van der Waals surface area contributed by atoms with Gasteiger partial charge in [0.15, 0.2) is 5.92 Å². The van der Waals surface area contributed by atoms with E-state index in [4.69, 9.17) is 54.7 Å². The Kier molecular flexibility index (Phi) is 30.8. The zero-order chi connectivity index (χ0) is 70.1. The quantitative estimate of drug-likeness (QED) is 0.0101. The first-order chi connectivity index (χ1) is 44.5. The molecule has 0 saturated carbocycles. The van der Waals surface area contributed by atoms with Crippen molar-refractivity contribution in [3.63, 3.8) is 0 Å². The number of rotatable bonds is 13. The summed E-state index contributed by atoms with van der Waals surface area (Å²) in [6.45, 7) is 12.7. The molecule has 0 aromatic heterocycles. The van der Waals surface area contributed by atoms with Crippen LogP contribution in [0.5, 0.6) is 34.5 Å². The first-order valence-corrected chi connectivity index (χ1v) is 28.5. The number of benzene rings is 6. The number of carbonyl (C=O) groups is 8. The molecule has 490 valence electrons. The van der Waals surface area contributed by atoms with Crippen molar-refractivity contribution in [3.8, 4) is 81.9 Å². The molecule has 8 rings (SSSR count). The maximum atomic E-state index is 12.1. The molecule has 0 radical (unpaired) electrons. The SMILES string of the molecule is CC#CC(CC(=O)O)c1ccc(O)cc1.CC#CC(c1ccc(O)cc1)C1C(=O)OC(C)(C)OC1=O.CC#C[C@H](CC(=O)O)c1ccc(O)cc1.CC#C[C@H](CC(=O)OC)c1ccc(O)cc1.CC1(C)OC(=O)C(=Cc2ccc(O)cc2)C(=O)O1.O=Cc1ccc(O)cc1. The third kappa shape index (κ3) is 27.0. The number of aromatic hydroxyl groups is 6. The van der Waals surface area contributed by atoms with Gasteiger partial charge in [-0.25, -0.2) is 9.59 Å². The predicted octanol–water partition coefficient (Wildman–Crippen LogP) is 10.8. The highest BCUT2D eigenvalue weighted by Gasteiger charge is 2.47. The number of phenolic OH excluding ortho intramolecular Hbond substituents is 6. The first kappa shape index (κ1) is 76.3. The summed E-state index contributed by atoms with van der Waals surface area (Å²) in [7, 11) is 1.36. The number of phenols is 6. The normalized spacial score (nSPS) is 14.0. The van der Waals surface area contributed by atoms with Crippen LogP contribution in [-0.2, 0) is 57.2 Å². The van der Waals surface area contributed by atoms with Crippen LogP contribution in [0.4, 0.5) is 0 Å². The van der Waals surface area contributed by atoms with E-state index >= 15 is 0 Å². The Morgan fingerprint density at radius 3 is 1.03 bits per heavy atom. The van der Waals surface area contributed by atoms with Crippen LogP contribution in [0.3, 0.4) is 0 Å². The molecule has 0 aliphatic carbocycles. The molecule has 0 bridgehead atoms. The fraction of sp³-hybridized carbons (Fsp3) is 0.260. The van der Waals surface area contributed by atoms with Gasteiger partial charge in [-0.15, -0.1) is 23.7 Å². The van der Waals surface area contributed by atoms with Gasteiger partial charge in [-0.3, -0.25) is 28.8 Å². The van der Waals surface area contributed by atoms with Crippen LogP contribution in [-0.4, -0.2) is 108 Å². The Labute approximate surface area is 544 Å². The summed E-state index contributed by atoms with van der Waals surface area (Å²) in [5, 5.41) is 72.0. The fourth-order valence-electron chi connectivity index (χ4n) is 8.26. The largest absolute Gasteiger partial charge is 0.508 e. The van der Waals surface area contributed by atoms with Crippen LogP contribution in [0.1, 0.15) is 136 Å². The molecule has 2 unspecified atom stereocenters. The van der Waals surface area contributed by atoms with Crippen LogP contribution in [0.15, 0.2) is 151 Å². The third-order valence-corrected chi connectivity index (χ3v) is 12.6. The van der Waals surface area contributed by atoms with Crippen molar-refractivity contribution >= 4 is 54.1 Å². The molecule has 0 spiro atoms. The summed E-state index contributed by atoms with van der Waals surface area (Å²) in [6, 6.07) is 37.8. The molecule has 21 heteroatoms. The lowest BCUT2D eigenvalue weighted by Gasteiger charge is -2.34. The fourth-order valence-corrected chi connectivity index (χ4v) is 8.26. The summed E-state index contributed by atoms with van der Waals surface area (Å²) in [5.41, 5.74) is 4.16. The molecular formula is C73H72O21. The number of aliphatic carboxylic acids is 2. The minimum absolute atomic E-state index is 0.0222. The smallest absolute Gasteiger partial charge is 0.348 e. The Morgan fingerprint density at radius 2 is 0.734 bits per heavy atom. The van der Waals surface area contributed by atoms with Gasteiger partial charge in [-0.1, -0.05) is 84.3 Å². The average Bonchev–Trinajstić information content (AvgIpc) is 0.803. The summed E-state index contributed by atoms with van der Waals surface area (Å²) in [5.74, 6) is 13.4. The first-order valence-electron chi connectivity index (χ1n) is 28.5. The lowest BCUT2D eigenvalue weighted by atomic mass is 9.85. The Morgan fingerprint density at radius 1 is 0.447 bits per heavy atom. The minimum atomic E-state index is -1.26. The van der Waals surface area contributed by atoms with Crippen molar-refractivity contribution in [2.45, 2.75) is 110 Å². The van der Waals surface area contributed by atoms with Gasteiger partial charge in [0.25, 0.3) is 11.6 Å². The zero-order valence-corrected chi connectivity index (χ0v) is 52.9. The molecule has 94 heavy (non-hydrogen) atoms. The van der Waals surface area contributed by atoms with Crippen LogP contribution < -0.4 is 0 Å². The highest BCUT2D eigenvalue weighted by atomic mass is 16.8. The van der Waals surface area contributed by atoms with Crippen molar-refractivity contribution in [2.75, 3.05) is 7.11 Å². The van der Waals surface area contributed by atoms with E-state index in [2.05, 4.69) is 52.1 Å². The number of ether oxygens (including phenoxy) is 5. The molecule has 2 heterocycles. The number of aldehydes is 1. The van der Waals surface area contributed by atoms with E-state index in [1.807, 2.05) is 0 Å². The average molecular weight is 1290 g/mol. The van der Waals surface area contributed by atoms with Crippen molar-refractivity contribution in [3.05, 3.63) is 185 Å². The number of cyclic esters (lactones) is 4. The summed E-state index contributed by atoms with van der Waals surface area (Å²) >= 11 is 0. The molecule has 2 saturated heterocycles. The van der Waals surface area contributed by atoms with Gasteiger partial charge in [0.2, 0.25) is 0 Å². The van der Waals surface area contributed by atoms with E-state index in [9.17, 15) is 43.5 Å². The van der Waals surface area contributed by atoms with Crippen molar-refractivity contribution < 1.29 is 103 Å². The van der Waals surface area contributed by atoms with Gasteiger partial charge < -0.3 is 64.5 Å². The Bertz CT molecular complexity index is 3710. The van der Waals surface area contributed by atoms with Gasteiger partial charge in [-0.05, 0) is 147 Å². The zero-order valence-electron chi connectivity index (χ0n) is 52.9. The second kappa shape index (κ2) is 37.9. The van der Waals surface area contributed by atoms with Crippen molar-refractivity contribution in [1.82, 2.24) is 0 Å². The van der Waals surface area contributed by atoms with Gasteiger partial charge >= 0.3 is 41.8 Å². The lowest BCUT2D eigenvalue weighted by Crippen LogP contribution is -2.48. The van der Waals surface area contributed by atoms with Gasteiger partial charge in [0.1, 0.15) is 46.4 Å². The third-order valence-electron chi connectivity index (χ3n) is 12.6. The molecule has 8 N–H and O–H groups in total. The number of hydrogen-bond donors (Lipinski definition) is 8. The Balaban J connectivity index is 0.000000298.